The van der Waals surface area contributed by atoms with E-state index in [1.54, 1.807) is 0 Å². The van der Waals surface area contributed by atoms with Gasteiger partial charge in [-0.05, 0) is 19.3 Å². The van der Waals surface area contributed by atoms with Crippen molar-refractivity contribution >= 4 is 23.8 Å². The van der Waals surface area contributed by atoms with Crippen molar-refractivity contribution in [2.24, 2.45) is 0 Å². The highest BCUT2D eigenvalue weighted by Crippen LogP contribution is 2.33. The summed E-state index contributed by atoms with van der Waals surface area (Å²) in [6.45, 7) is 2.52. The third-order valence-electron chi connectivity index (χ3n) is 3.52. The highest BCUT2D eigenvalue weighted by molar-refractivity contribution is 8.00. The maximum Gasteiger partial charge on any atom is 0.315 e. The van der Waals surface area contributed by atoms with E-state index in [0.29, 0.717) is 18.3 Å². The molecule has 2 rings (SSSR count). The molecule has 0 aromatic heterocycles. The Hall–Kier alpha value is -0.910. The van der Waals surface area contributed by atoms with Crippen LogP contribution >= 0.6 is 11.8 Å². The fourth-order valence-corrected chi connectivity index (χ4v) is 4.09. The minimum absolute atomic E-state index is 0.0385. The van der Waals surface area contributed by atoms with Crippen LogP contribution in [-0.4, -0.2) is 41.7 Å². The molecule has 0 spiro atoms. The molecule has 0 bridgehead atoms. The largest absolute Gasteiger partial charge is 0.466 e. The van der Waals surface area contributed by atoms with Gasteiger partial charge in [0.05, 0.1) is 18.7 Å². The molecule has 0 aliphatic carbocycles. The SMILES string of the molecule is CCCOC(=O)CCCC[C@H]1SC[C@H]2NC(=O)N[C@H]21. The number of rotatable bonds is 7. The van der Waals surface area contributed by atoms with Crippen molar-refractivity contribution in [3.05, 3.63) is 0 Å². The predicted octanol–water partition coefficient (Wildman–Crippen LogP) is 1.67. The average Bonchev–Trinajstić information content (AvgIpc) is 2.92. The maximum atomic E-state index is 11.3. The first-order valence-corrected chi connectivity index (χ1v) is 8.10. The number of amides is 2. The zero-order valence-corrected chi connectivity index (χ0v) is 12.1. The van der Waals surface area contributed by atoms with Gasteiger partial charge in [-0.1, -0.05) is 13.3 Å². The predicted molar refractivity (Wildman–Crippen MR) is 75.2 cm³/mol. The Morgan fingerprint density at radius 3 is 3.05 bits per heavy atom. The van der Waals surface area contributed by atoms with Gasteiger partial charge in [-0.2, -0.15) is 11.8 Å². The van der Waals surface area contributed by atoms with Crippen LogP contribution in [0.5, 0.6) is 0 Å². The maximum absolute atomic E-state index is 11.3. The summed E-state index contributed by atoms with van der Waals surface area (Å²) >= 11 is 1.92. The topological polar surface area (TPSA) is 67.4 Å². The number of urea groups is 1. The molecule has 2 N–H and O–H groups in total. The van der Waals surface area contributed by atoms with Crippen molar-refractivity contribution in [2.75, 3.05) is 12.4 Å². The lowest BCUT2D eigenvalue weighted by Gasteiger charge is -2.16. The molecule has 2 aliphatic rings. The molecule has 2 fully saturated rings. The van der Waals surface area contributed by atoms with Gasteiger partial charge in [0.15, 0.2) is 0 Å². The van der Waals surface area contributed by atoms with Crippen LogP contribution in [-0.2, 0) is 9.53 Å². The van der Waals surface area contributed by atoms with Crippen LogP contribution in [0, 0.1) is 0 Å². The second-order valence-electron chi connectivity index (χ2n) is 5.09. The molecular weight excluding hydrogens is 264 g/mol. The lowest BCUT2D eigenvalue weighted by Crippen LogP contribution is -2.36. The molecule has 0 unspecified atom stereocenters. The summed E-state index contributed by atoms with van der Waals surface area (Å²) in [5.74, 6) is 0.904. The van der Waals surface area contributed by atoms with E-state index in [9.17, 15) is 9.59 Å². The molecule has 5 nitrogen and oxygen atoms in total. The number of fused-ring (bicyclic) bond motifs is 1. The lowest BCUT2D eigenvalue weighted by atomic mass is 10.0. The van der Waals surface area contributed by atoms with Gasteiger partial charge in [-0.3, -0.25) is 4.79 Å². The van der Waals surface area contributed by atoms with Crippen LogP contribution in [0.15, 0.2) is 0 Å². The molecular formula is C13H22N2O3S. The average molecular weight is 286 g/mol. The van der Waals surface area contributed by atoms with E-state index in [1.165, 1.54) is 0 Å². The minimum Gasteiger partial charge on any atom is -0.466 e. The third kappa shape index (κ3) is 4.03. The number of thioether (sulfide) groups is 1. The lowest BCUT2D eigenvalue weighted by molar-refractivity contribution is -0.143. The van der Waals surface area contributed by atoms with E-state index in [1.807, 2.05) is 18.7 Å². The van der Waals surface area contributed by atoms with Crippen molar-refractivity contribution in [3.63, 3.8) is 0 Å². The molecule has 0 saturated carbocycles. The number of carbonyl (C=O) groups excluding carboxylic acids is 2. The van der Waals surface area contributed by atoms with E-state index >= 15 is 0 Å². The van der Waals surface area contributed by atoms with Crippen LogP contribution in [0.3, 0.4) is 0 Å². The summed E-state index contributed by atoms with van der Waals surface area (Å²) in [4.78, 5) is 22.6. The Morgan fingerprint density at radius 1 is 1.42 bits per heavy atom. The zero-order chi connectivity index (χ0) is 13.7. The fourth-order valence-electron chi connectivity index (χ4n) is 2.55. The molecule has 108 valence electrons. The van der Waals surface area contributed by atoms with Gasteiger partial charge >= 0.3 is 12.0 Å². The Morgan fingerprint density at radius 2 is 2.26 bits per heavy atom. The molecule has 2 aliphatic heterocycles. The van der Waals surface area contributed by atoms with E-state index < -0.39 is 0 Å². The van der Waals surface area contributed by atoms with Gasteiger partial charge in [0, 0.05) is 17.4 Å². The molecule has 6 heteroatoms. The Bertz CT molecular complexity index is 338. The normalized spacial score (nSPS) is 28.7. The van der Waals surface area contributed by atoms with E-state index in [-0.39, 0.29) is 24.1 Å². The summed E-state index contributed by atoms with van der Waals surface area (Å²) in [5, 5.41) is 6.40. The fraction of sp³-hybridized carbons (Fsp3) is 0.846. The van der Waals surface area contributed by atoms with Gasteiger partial charge in [0.1, 0.15) is 0 Å². The number of hydrogen-bond donors (Lipinski definition) is 2. The van der Waals surface area contributed by atoms with Crippen molar-refractivity contribution in [3.8, 4) is 0 Å². The number of nitrogens with one attached hydrogen (secondary N) is 2. The Balaban J connectivity index is 1.59. The molecule has 2 saturated heterocycles. The van der Waals surface area contributed by atoms with Crippen LogP contribution in [0.4, 0.5) is 4.79 Å². The summed E-state index contributed by atoms with van der Waals surface area (Å²) < 4.78 is 5.04. The van der Waals surface area contributed by atoms with E-state index in [0.717, 1.165) is 31.4 Å². The van der Waals surface area contributed by atoms with Gasteiger partial charge in [-0.25, -0.2) is 4.79 Å². The molecule has 19 heavy (non-hydrogen) atoms. The summed E-state index contributed by atoms with van der Waals surface area (Å²) in [5.41, 5.74) is 0. The van der Waals surface area contributed by atoms with Crippen LogP contribution in [0.2, 0.25) is 0 Å². The summed E-state index contributed by atoms with van der Waals surface area (Å²) in [7, 11) is 0. The molecule has 2 heterocycles. The quantitative estimate of drug-likeness (QED) is 0.424. The van der Waals surface area contributed by atoms with E-state index in [4.69, 9.17) is 4.74 Å². The number of unbranched alkanes of at least 4 members (excludes halogenated alkanes) is 1. The Labute approximate surface area is 118 Å². The first-order valence-electron chi connectivity index (χ1n) is 7.05. The van der Waals surface area contributed by atoms with Crippen LogP contribution in [0.25, 0.3) is 0 Å². The molecule has 0 aromatic carbocycles. The zero-order valence-electron chi connectivity index (χ0n) is 11.3. The van der Waals surface area contributed by atoms with Gasteiger partial charge < -0.3 is 15.4 Å². The van der Waals surface area contributed by atoms with Crippen molar-refractivity contribution < 1.29 is 14.3 Å². The number of hydrogen-bond acceptors (Lipinski definition) is 4. The standard InChI is InChI=1S/C13H22N2O3S/c1-2-7-18-11(16)6-4-3-5-10-12-9(8-19-10)14-13(17)15-12/h9-10,12H,2-8H2,1H3,(H2,14,15,17)/t9-,10-,12-/m1/s1. The monoisotopic (exact) mass is 286 g/mol. The number of ether oxygens (including phenoxy) is 1. The first kappa shape index (κ1) is 14.5. The van der Waals surface area contributed by atoms with Gasteiger partial charge in [0.25, 0.3) is 0 Å². The van der Waals surface area contributed by atoms with Crippen molar-refractivity contribution in [1.29, 1.82) is 0 Å². The highest BCUT2D eigenvalue weighted by Gasteiger charge is 2.42. The minimum atomic E-state index is -0.0883. The smallest absolute Gasteiger partial charge is 0.315 e. The van der Waals surface area contributed by atoms with Crippen molar-refractivity contribution in [1.82, 2.24) is 10.6 Å². The second kappa shape index (κ2) is 7.03. The summed E-state index contributed by atoms with van der Waals surface area (Å²) in [6, 6.07) is 0.519. The molecule has 2 amide bonds. The number of esters is 1. The van der Waals surface area contributed by atoms with Gasteiger partial charge in [0.2, 0.25) is 0 Å². The highest BCUT2D eigenvalue weighted by atomic mass is 32.2. The molecule has 3 atom stereocenters. The first-order chi connectivity index (χ1) is 9.20. The van der Waals surface area contributed by atoms with Crippen LogP contribution in [0.1, 0.15) is 39.0 Å². The van der Waals surface area contributed by atoms with Crippen LogP contribution < -0.4 is 10.6 Å². The summed E-state index contributed by atoms with van der Waals surface area (Å²) in [6.07, 6.45) is 4.32. The number of carbonyl (C=O) groups is 2. The second-order valence-corrected chi connectivity index (χ2v) is 6.36. The van der Waals surface area contributed by atoms with Gasteiger partial charge in [-0.15, -0.1) is 0 Å². The Kier molecular flexibility index (Phi) is 5.36. The molecule has 0 radical (unpaired) electrons. The van der Waals surface area contributed by atoms with Crippen molar-refractivity contribution in [2.45, 2.75) is 56.4 Å². The third-order valence-corrected chi connectivity index (χ3v) is 5.03. The molecule has 0 aromatic rings. The van der Waals surface area contributed by atoms with E-state index in [2.05, 4.69) is 10.6 Å².